The number of nitriles is 1. The number of hydrogen-bond acceptors (Lipinski definition) is 7. The van der Waals surface area contributed by atoms with Crippen molar-refractivity contribution < 1.29 is 14.3 Å². The Balaban J connectivity index is 2.02. The average molecular weight is 302 g/mol. The molecule has 2 aromatic rings. The Kier molecular flexibility index (Phi) is 4.58. The molecule has 0 saturated heterocycles. The minimum absolute atomic E-state index is 0.0536. The number of thiazole rings is 1. The van der Waals surface area contributed by atoms with Gasteiger partial charge in [-0.3, -0.25) is 14.9 Å². The number of hydrogen-bond donors (Lipinski definition) is 1. The van der Waals surface area contributed by atoms with Gasteiger partial charge < -0.3 is 4.74 Å². The van der Waals surface area contributed by atoms with Crippen LogP contribution in [0.25, 0.3) is 0 Å². The Morgan fingerprint density at radius 2 is 2.29 bits per heavy atom. The van der Waals surface area contributed by atoms with E-state index in [1.54, 1.807) is 5.38 Å². The molecule has 0 atom stereocenters. The first-order valence-electron chi connectivity index (χ1n) is 5.81. The maximum atomic E-state index is 11.9. The van der Waals surface area contributed by atoms with E-state index in [0.29, 0.717) is 16.4 Å². The van der Waals surface area contributed by atoms with Gasteiger partial charge in [0.15, 0.2) is 5.13 Å². The van der Waals surface area contributed by atoms with Crippen LogP contribution < -0.4 is 5.32 Å². The summed E-state index contributed by atoms with van der Waals surface area (Å²) in [4.78, 5) is 31.0. The highest BCUT2D eigenvalue weighted by atomic mass is 32.1. The van der Waals surface area contributed by atoms with Gasteiger partial charge in [0.1, 0.15) is 11.8 Å². The van der Waals surface area contributed by atoms with Crippen LogP contribution in [0.3, 0.4) is 0 Å². The monoisotopic (exact) mass is 302 g/mol. The average Bonchev–Trinajstić information content (AvgIpc) is 2.94. The number of anilines is 1. The molecule has 1 N–H and O–H groups in total. The Labute approximate surface area is 124 Å². The van der Waals surface area contributed by atoms with E-state index >= 15 is 0 Å². The van der Waals surface area contributed by atoms with E-state index in [1.165, 1.54) is 36.8 Å². The van der Waals surface area contributed by atoms with Gasteiger partial charge in [-0.05, 0) is 12.1 Å². The summed E-state index contributed by atoms with van der Waals surface area (Å²) in [6.45, 7) is 0. The van der Waals surface area contributed by atoms with Crippen LogP contribution in [0.15, 0.2) is 23.7 Å². The molecule has 0 aliphatic rings. The predicted molar refractivity (Wildman–Crippen MR) is 74.7 cm³/mol. The van der Waals surface area contributed by atoms with E-state index in [2.05, 4.69) is 20.0 Å². The van der Waals surface area contributed by atoms with Crippen molar-refractivity contribution in [3.8, 4) is 6.07 Å². The smallest absolute Gasteiger partial charge is 0.311 e. The summed E-state index contributed by atoms with van der Waals surface area (Å²) in [7, 11) is 1.30. The van der Waals surface area contributed by atoms with Crippen LogP contribution in [0.4, 0.5) is 5.13 Å². The van der Waals surface area contributed by atoms with Crippen molar-refractivity contribution in [1.82, 2.24) is 9.97 Å². The summed E-state index contributed by atoms with van der Waals surface area (Å²) < 4.78 is 4.54. The van der Waals surface area contributed by atoms with Gasteiger partial charge in [0.2, 0.25) is 0 Å². The van der Waals surface area contributed by atoms with Gasteiger partial charge in [-0.25, -0.2) is 9.97 Å². The maximum Gasteiger partial charge on any atom is 0.311 e. The zero-order chi connectivity index (χ0) is 15.2. The second-order valence-electron chi connectivity index (χ2n) is 3.89. The lowest BCUT2D eigenvalue weighted by Gasteiger charge is -2.00. The molecule has 106 valence electrons. The van der Waals surface area contributed by atoms with Crippen LogP contribution in [0.1, 0.15) is 21.7 Å². The second-order valence-corrected chi connectivity index (χ2v) is 4.75. The molecule has 0 aliphatic heterocycles. The highest BCUT2D eigenvalue weighted by Crippen LogP contribution is 2.16. The summed E-state index contributed by atoms with van der Waals surface area (Å²) in [5, 5.41) is 13.3. The standard InChI is InChI=1S/C13H10N4O3S/c1-20-11(18)4-9-7-21-13(16-9)17-12(19)10-3-2-8(5-14)6-15-10/h2-3,6-7H,4H2,1H3,(H,16,17,19). The van der Waals surface area contributed by atoms with Crippen LogP contribution in [0.5, 0.6) is 0 Å². The fourth-order valence-corrected chi connectivity index (χ4v) is 2.13. The molecule has 0 radical (unpaired) electrons. The van der Waals surface area contributed by atoms with Crippen molar-refractivity contribution in [2.24, 2.45) is 0 Å². The number of nitrogens with zero attached hydrogens (tertiary/aromatic N) is 3. The molecule has 1 amide bonds. The molecule has 0 spiro atoms. The highest BCUT2D eigenvalue weighted by molar-refractivity contribution is 7.14. The molecule has 0 unspecified atom stereocenters. The number of carbonyl (C=O) groups excluding carboxylic acids is 2. The topological polar surface area (TPSA) is 105 Å². The predicted octanol–water partition coefficient (Wildman–Crippen LogP) is 1.38. The van der Waals surface area contributed by atoms with Crippen LogP contribution in [0, 0.1) is 11.3 Å². The number of aromatic nitrogens is 2. The first kappa shape index (κ1) is 14.6. The van der Waals surface area contributed by atoms with Crippen LogP contribution in [-0.2, 0) is 16.0 Å². The normalized spacial score (nSPS) is 9.71. The quantitative estimate of drug-likeness (QED) is 0.855. The molecule has 7 nitrogen and oxygen atoms in total. The molecule has 21 heavy (non-hydrogen) atoms. The Bertz CT molecular complexity index is 703. The van der Waals surface area contributed by atoms with E-state index in [9.17, 15) is 9.59 Å². The number of esters is 1. The van der Waals surface area contributed by atoms with Crippen molar-refractivity contribution in [2.45, 2.75) is 6.42 Å². The fraction of sp³-hybridized carbons (Fsp3) is 0.154. The molecule has 0 aromatic carbocycles. The summed E-state index contributed by atoms with van der Waals surface area (Å²) in [6, 6.07) is 4.88. The number of methoxy groups -OCH3 is 1. The van der Waals surface area contributed by atoms with Gasteiger partial charge in [0, 0.05) is 11.6 Å². The molecular weight excluding hydrogens is 292 g/mol. The lowest BCUT2D eigenvalue weighted by molar-refractivity contribution is -0.139. The van der Waals surface area contributed by atoms with Crippen LogP contribution >= 0.6 is 11.3 Å². The SMILES string of the molecule is COC(=O)Cc1csc(NC(=O)c2ccc(C#N)cn2)n1. The van der Waals surface area contributed by atoms with Crippen molar-refractivity contribution in [3.05, 3.63) is 40.7 Å². The van der Waals surface area contributed by atoms with Gasteiger partial charge in [0.25, 0.3) is 5.91 Å². The summed E-state index contributed by atoms with van der Waals surface area (Å²) >= 11 is 1.20. The highest BCUT2D eigenvalue weighted by Gasteiger charge is 2.12. The molecule has 2 rings (SSSR count). The summed E-state index contributed by atoms with van der Waals surface area (Å²) in [6.07, 6.45) is 1.37. The van der Waals surface area contributed by atoms with E-state index in [4.69, 9.17) is 5.26 Å². The van der Waals surface area contributed by atoms with E-state index in [0.717, 1.165) is 0 Å². The number of pyridine rings is 1. The number of rotatable bonds is 4. The van der Waals surface area contributed by atoms with Gasteiger partial charge in [-0.2, -0.15) is 5.26 Å². The Morgan fingerprint density at radius 1 is 1.48 bits per heavy atom. The number of ether oxygens (including phenoxy) is 1. The van der Waals surface area contributed by atoms with Crippen molar-refractivity contribution >= 4 is 28.3 Å². The third kappa shape index (κ3) is 3.84. The van der Waals surface area contributed by atoms with Gasteiger partial charge >= 0.3 is 5.97 Å². The molecule has 8 heteroatoms. The van der Waals surface area contributed by atoms with Crippen molar-refractivity contribution in [2.75, 3.05) is 12.4 Å². The summed E-state index contributed by atoms with van der Waals surface area (Å²) in [5.41, 5.74) is 1.08. The van der Waals surface area contributed by atoms with Crippen molar-refractivity contribution in [1.29, 1.82) is 5.26 Å². The third-order valence-electron chi connectivity index (χ3n) is 2.45. The lowest BCUT2D eigenvalue weighted by atomic mass is 10.2. The molecule has 0 saturated carbocycles. The van der Waals surface area contributed by atoms with Gasteiger partial charge in [-0.15, -0.1) is 11.3 Å². The number of nitrogens with one attached hydrogen (secondary N) is 1. The zero-order valence-electron chi connectivity index (χ0n) is 11.0. The third-order valence-corrected chi connectivity index (χ3v) is 3.26. The molecule has 2 heterocycles. The number of carbonyl (C=O) groups is 2. The van der Waals surface area contributed by atoms with Crippen LogP contribution in [0.2, 0.25) is 0 Å². The Hall–Kier alpha value is -2.79. The van der Waals surface area contributed by atoms with Crippen LogP contribution in [-0.4, -0.2) is 29.0 Å². The first-order chi connectivity index (χ1) is 10.1. The maximum absolute atomic E-state index is 11.9. The number of amides is 1. The van der Waals surface area contributed by atoms with Gasteiger partial charge in [-0.1, -0.05) is 0 Å². The minimum Gasteiger partial charge on any atom is -0.469 e. The fourth-order valence-electron chi connectivity index (χ4n) is 1.42. The molecule has 2 aromatic heterocycles. The largest absolute Gasteiger partial charge is 0.469 e. The van der Waals surface area contributed by atoms with Crippen molar-refractivity contribution in [3.63, 3.8) is 0 Å². The first-order valence-corrected chi connectivity index (χ1v) is 6.69. The van der Waals surface area contributed by atoms with E-state index in [1.807, 2.05) is 6.07 Å². The summed E-state index contributed by atoms with van der Waals surface area (Å²) in [5.74, 6) is -0.828. The molecule has 0 fully saturated rings. The van der Waals surface area contributed by atoms with E-state index < -0.39 is 11.9 Å². The van der Waals surface area contributed by atoms with E-state index in [-0.39, 0.29) is 12.1 Å². The lowest BCUT2D eigenvalue weighted by Crippen LogP contribution is -2.13. The Morgan fingerprint density at radius 3 is 2.90 bits per heavy atom. The van der Waals surface area contributed by atoms with Gasteiger partial charge in [0.05, 0.1) is 24.8 Å². The zero-order valence-corrected chi connectivity index (χ0v) is 11.8. The minimum atomic E-state index is -0.432. The molecular formula is C13H10N4O3S. The molecule has 0 bridgehead atoms. The molecule has 0 aliphatic carbocycles. The second kappa shape index (κ2) is 6.58.